The number of hydrogen-bond acceptors (Lipinski definition) is 1. The van der Waals surface area contributed by atoms with E-state index >= 15 is 0 Å². The lowest BCUT2D eigenvalue weighted by atomic mass is 9.86. The fourth-order valence-electron chi connectivity index (χ4n) is 2.59. The Labute approximate surface area is 109 Å². The van der Waals surface area contributed by atoms with Crippen molar-refractivity contribution in [3.63, 3.8) is 0 Å². The van der Waals surface area contributed by atoms with E-state index in [1.54, 1.807) is 6.07 Å². The number of rotatable bonds is 1. The molecule has 18 heavy (non-hydrogen) atoms. The molecule has 0 aromatic heterocycles. The molecular formula is C17H20O. The summed E-state index contributed by atoms with van der Waals surface area (Å²) in [7, 11) is 0. The van der Waals surface area contributed by atoms with Crippen LogP contribution in [0.15, 0.2) is 24.3 Å². The van der Waals surface area contributed by atoms with Gasteiger partial charge in [0.25, 0.3) is 0 Å². The van der Waals surface area contributed by atoms with Gasteiger partial charge < -0.3 is 5.11 Å². The lowest BCUT2D eigenvalue weighted by Gasteiger charge is -2.19. The number of phenolic OH excluding ortho intramolecular Hbond substituents is 1. The fraction of sp³-hybridized carbons (Fsp3) is 0.294. The second-order valence-corrected chi connectivity index (χ2v) is 5.05. The SMILES string of the molecule is Cc1c(C)c(C)c(-c2cccc(O)c2)c(C)c1C. The minimum Gasteiger partial charge on any atom is -0.508 e. The molecule has 0 unspecified atom stereocenters. The Morgan fingerprint density at radius 2 is 1.22 bits per heavy atom. The first-order chi connectivity index (χ1) is 8.43. The predicted molar refractivity (Wildman–Crippen MR) is 77.2 cm³/mol. The Hall–Kier alpha value is -1.76. The molecule has 1 N–H and O–H groups in total. The van der Waals surface area contributed by atoms with Crippen LogP contribution in [-0.4, -0.2) is 5.11 Å². The lowest BCUT2D eigenvalue weighted by molar-refractivity contribution is 0.475. The highest BCUT2D eigenvalue weighted by Crippen LogP contribution is 2.34. The van der Waals surface area contributed by atoms with E-state index < -0.39 is 0 Å². The smallest absolute Gasteiger partial charge is 0.116 e. The minimum atomic E-state index is 0.321. The Bertz CT molecular complexity index is 580. The van der Waals surface area contributed by atoms with Gasteiger partial charge in [-0.3, -0.25) is 0 Å². The average Bonchev–Trinajstić information content (AvgIpc) is 2.34. The van der Waals surface area contributed by atoms with E-state index in [2.05, 4.69) is 40.7 Å². The quantitative estimate of drug-likeness (QED) is 0.772. The highest BCUT2D eigenvalue weighted by atomic mass is 16.3. The third kappa shape index (κ3) is 1.90. The maximum Gasteiger partial charge on any atom is 0.116 e. The van der Waals surface area contributed by atoms with Gasteiger partial charge in [-0.1, -0.05) is 12.1 Å². The molecule has 0 bridgehead atoms. The van der Waals surface area contributed by atoms with Crippen LogP contribution in [0.4, 0.5) is 0 Å². The molecule has 1 nitrogen and oxygen atoms in total. The topological polar surface area (TPSA) is 20.2 Å². The summed E-state index contributed by atoms with van der Waals surface area (Å²) >= 11 is 0. The molecule has 0 amide bonds. The maximum absolute atomic E-state index is 9.65. The Balaban J connectivity index is 2.80. The van der Waals surface area contributed by atoms with Crippen LogP contribution in [0.5, 0.6) is 5.75 Å². The standard InChI is InChI=1S/C17H20O/c1-10-11(2)13(4)17(14(5)12(10)3)15-7-6-8-16(18)9-15/h6-9,18H,1-5H3. The summed E-state index contributed by atoms with van der Waals surface area (Å²) in [6.45, 7) is 10.8. The number of aromatic hydroxyl groups is 1. The van der Waals surface area contributed by atoms with Crippen molar-refractivity contribution in [3.05, 3.63) is 52.1 Å². The van der Waals surface area contributed by atoms with Crippen LogP contribution in [0.25, 0.3) is 11.1 Å². The van der Waals surface area contributed by atoms with Crippen molar-refractivity contribution in [1.29, 1.82) is 0 Å². The van der Waals surface area contributed by atoms with Gasteiger partial charge in [-0.2, -0.15) is 0 Å². The van der Waals surface area contributed by atoms with E-state index in [4.69, 9.17) is 0 Å². The van der Waals surface area contributed by atoms with Gasteiger partial charge in [0.15, 0.2) is 0 Å². The van der Waals surface area contributed by atoms with Crippen molar-refractivity contribution < 1.29 is 5.11 Å². The summed E-state index contributed by atoms with van der Waals surface area (Å²) in [5, 5.41) is 9.65. The zero-order valence-corrected chi connectivity index (χ0v) is 11.8. The van der Waals surface area contributed by atoms with Gasteiger partial charge in [-0.25, -0.2) is 0 Å². The summed E-state index contributed by atoms with van der Waals surface area (Å²) in [5.74, 6) is 0.321. The maximum atomic E-state index is 9.65. The second-order valence-electron chi connectivity index (χ2n) is 5.05. The summed E-state index contributed by atoms with van der Waals surface area (Å²) in [4.78, 5) is 0. The molecule has 0 saturated heterocycles. The Morgan fingerprint density at radius 3 is 1.72 bits per heavy atom. The molecule has 0 radical (unpaired) electrons. The van der Waals surface area contributed by atoms with Crippen LogP contribution in [-0.2, 0) is 0 Å². The van der Waals surface area contributed by atoms with E-state index in [0.29, 0.717) is 5.75 Å². The monoisotopic (exact) mass is 240 g/mol. The average molecular weight is 240 g/mol. The van der Waals surface area contributed by atoms with Gasteiger partial charge in [0.05, 0.1) is 0 Å². The third-order valence-corrected chi connectivity index (χ3v) is 4.13. The van der Waals surface area contributed by atoms with Gasteiger partial charge in [-0.05, 0) is 85.7 Å². The molecule has 0 heterocycles. The van der Waals surface area contributed by atoms with Crippen molar-refractivity contribution in [2.45, 2.75) is 34.6 Å². The second kappa shape index (κ2) is 4.49. The zero-order chi connectivity index (χ0) is 13.4. The van der Waals surface area contributed by atoms with Crippen LogP contribution in [0.3, 0.4) is 0 Å². The van der Waals surface area contributed by atoms with Crippen molar-refractivity contribution >= 4 is 0 Å². The number of phenols is 1. The normalized spacial score (nSPS) is 10.7. The van der Waals surface area contributed by atoms with Crippen molar-refractivity contribution in [2.75, 3.05) is 0 Å². The number of benzene rings is 2. The molecule has 2 rings (SSSR count). The molecule has 0 aliphatic carbocycles. The van der Waals surface area contributed by atoms with E-state index in [-0.39, 0.29) is 0 Å². The van der Waals surface area contributed by atoms with Gasteiger partial charge in [0, 0.05) is 0 Å². The Kier molecular flexibility index (Phi) is 3.16. The summed E-state index contributed by atoms with van der Waals surface area (Å²) in [6, 6.07) is 7.50. The van der Waals surface area contributed by atoms with Crippen molar-refractivity contribution in [1.82, 2.24) is 0 Å². The van der Waals surface area contributed by atoms with E-state index in [1.807, 2.05) is 12.1 Å². The van der Waals surface area contributed by atoms with Crippen LogP contribution in [0.2, 0.25) is 0 Å². The van der Waals surface area contributed by atoms with E-state index in [0.717, 1.165) is 5.56 Å². The first-order valence-corrected chi connectivity index (χ1v) is 6.29. The lowest BCUT2D eigenvalue weighted by Crippen LogP contribution is -1.99. The molecule has 0 saturated carbocycles. The minimum absolute atomic E-state index is 0.321. The highest BCUT2D eigenvalue weighted by Gasteiger charge is 2.13. The molecule has 1 heteroatoms. The van der Waals surface area contributed by atoms with Gasteiger partial charge in [-0.15, -0.1) is 0 Å². The predicted octanol–water partition coefficient (Wildman–Crippen LogP) is 4.60. The van der Waals surface area contributed by atoms with Crippen LogP contribution in [0.1, 0.15) is 27.8 Å². The van der Waals surface area contributed by atoms with Crippen LogP contribution < -0.4 is 0 Å². The largest absolute Gasteiger partial charge is 0.508 e. The molecule has 0 fully saturated rings. The summed E-state index contributed by atoms with van der Waals surface area (Å²) in [5.41, 5.74) is 9.02. The van der Waals surface area contributed by atoms with Crippen LogP contribution in [0, 0.1) is 34.6 Å². The van der Waals surface area contributed by atoms with E-state index in [1.165, 1.54) is 33.4 Å². The highest BCUT2D eigenvalue weighted by molar-refractivity contribution is 5.75. The molecule has 0 atom stereocenters. The van der Waals surface area contributed by atoms with Crippen LogP contribution >= 0.6 is 0 Å². The molecule has 0 aliphatic heterocycles. The van der Waals surface area contributed by atoms with E-state index in [9.17, 15) is 5.11 Å². The van der Waals surface area contributed by atoms with Gasteiger partial charge in [0.2, 0.25) is 0 Å². The zero-order valence-electron chi connectivity index (χ0n) is 11.8. The first kappa shape index (κ1) is 12.7. The molecule has 94 valence electrons. The molecule has 2 aromatic rings. The van der Waals surface area contributed by atoms with Gasteiger partial charge >= 0.3 is 0 Å². The number of hydrogen-bond donors (Lipinski definition) is 1. The fourth-order valence-corrected chi connectivity index (χ4v) is 2.59. The summed E-state index contributed by atoms with van der Waals surface area (Å²) < 4.78 is 0. The summed E-state index contributed by atoms with van der Waals surface area (Å²) in [6.07, 6.45) is 0. The molecule has 0 aliphatic rings. The Morgan fingerprint density at radius 1 is 0.722 bits per heavy atom. The molecule has 2 aromatic carbocycles. The first-order valence-electron chi connectivity index (χ1n) is 6.29. The molecule has 0 spiro atoms. The third-order valence-electron chi connectivity index (χ3n) is 4.13. The van der Waals surface area contributed by atoms with Crippen molar-refractivity contribution in [3.8, 4) is 16.9 Å². The molecular weight excluding hydrogens is 220 g/mol. The van der Waals surface area contributed by atoms with Crippen molar-refractivity contribution in [2.24, 2.45) is 0 Å². The van der Waals surface area contributed by atoms with Gasteiger partial charge in [0.1, 0.15) is 5.75 Å².